The second-order valence-corrected chi connectivity index (χ2v) is 5.28. The third-order valence-corrected chi connectivity index (χ3v) is 3.32. The average molecular weight is 254 g/mol. The van der Waals surface area contributed by atoms with Gasteiger partial charge in [0.2, 0.25) is 0 Å². The van der Waals surface area contributed by atoms with Gasteiger partial charge in [-0.3, -0.25) is 0 Å². The molecule has 1 aliphatic rings. The molecule has 0 aliphatic carbocycles. The number of nitrogen functional groups attached to an aromatic ring is 1. The zero-order valence-corrected chi connectivity index (χ0v) is 11.0. The zero-order valence-electron chi connectivity index (χ0n) is 10.2. The minimum absolute atomic E-state index is 0.0608. The fraction of sp³-hybridized carbons (Fsp3) is 0.636. The summed E-state index contributed by atoms with van der Waals surface area (Å²) in [6, 6.07) is 1.76. The van der Waals surface area contributed by atoms with E-state index in [1.165, 1.54) is 11.8 Å². The molecule has 0 saturated carbocycles. The molecule has 0 amide bonds. The number of hydrogen-bond acceptors (Lipinski definition) is 6. The zero-order chi connectivity index (χ0) is 12.3. The quantitative estimate of drug-likeness (QED) is 0.632. The number of rotatable bonds is 3. The summed E-state index contributed by atoms with van der Waals surface area (Å²) >= 11 is 1.48. The summed E-state index contributed by atoms with van der Waals surface area (Å²) in [4.78, 5) is 8.52. The van der Waals surface area contributed by atoms with Gasteiger partial charge in [0.05, 0.1) is 12.1 Å². The van der Waals surface area contributed by atoms with Crippen molar-refractivity contribution in [2.75, 3.05) is 30.5 Å². The van der Waals surface area contributed by atoms with Crippen molar-refractivity contribution >= 4 is 23.4 Å². The first-order valence-corrected chi connectivity index (χ1v) is 6.88. The summed E-state index contributed by atoms with van der Waals surface area (Å²) in [5.41, 5.74) is 5.69. The van der Waals surface area contributed by atoms with Gasteiger partial charge in [-0.1, -0.05) is 11.8 Å². The van der Waals surface area contributed by atoms with Gasteiger partial charge in [0.25, 0.3) is 0 Å². The van der Waals surface area contributed by atoms with Gasteiger partial charge in [0.15, 0.2) is 5.16 Å². The smallest absolute Gasteiger partial charge is 0.191 e. The third kappa shape index (κ3) is 3.23. The monoisotopic (exact) mass is 254 g/mol. The van der Waals surface area contributed by atoms with Crippen molar-refractivity contribution in [3.63, 3.8) is 0 Å². The molecule has 17 heavy (non-hydrogen) atoms. The molecule has 2 rings (SSSR count). The Bertz CT molecular complexity index is 393. The molecular formula is C11H18N4OS. The number of nitrogens with one attached hydrogen (secondary N) is 1. The molecule has 6 heteroatoms. The van der Waals surface area contributed by atoms with Crippen LogP contribution in [0, 0.1) is 0 Å². The first-order valence-electron chi connectivity index (χ1n) is 5.66. The molecule has 1 aromatic heterocycles. The normalized spacial score (nSPS) is 24.6. The second-order valence-electron chi connectivity index (χ2n) is 4.51. The van der Waals surface area contributed by atoms with E-state index in [1.54, 1.807) is 6.07 Å². The van der Waals surface area contributed by atoms with Crippen molar-refractivity contribution in [3.8, 4) is 0 Å². The molecule has 1 fully saturated rings. The Kier molecular flexibility index (Phi) is 3.73. The first-order chi connectivity index (χ1) is 8.11. The molecule has 0 radical (unpaired) electrons. The van der Waals surface area contributed by atoms with E-state index in [1.807, 2.05) is 6.26 Å². The number of aromatic nitrogens is 2. The SMILES string of the molecule is CSc1nc(N)cc(NC2(C)CCCOC2)n1. The van der Waals surface area contributed by atoms with E-state index >= 15 is 0 Å². The molecule has 0 bridgehead atoms. The van der Waals surface area contributed by atoms with Crippen LogP contribution in [-0.2, 0) is 4.74 Å². The van der Waals surface area contributed by atoms with Crippen molar-refractivity contribution in [1.82, 2.24) is 9.97 Å². The molecule has 0 aromatic carbocycles. The summed E-state index contributed by atoms with van der Waals surface area (Å²) in [6.45, 7) is 3.69. The van der Waals surface area contributed by atoms with Crippen LogP contribution >= 0.6 is 11.8 Å². The van der Waals surface area contributed by atoms with E-state index in [0.717, 1.165) is 25.3 Å². The van der Waals surface area contributed by atoms with Gasteiger partial charge in [-0.05, 0) is 26.0 Å². The van der Waals surface area contributed by atoms with Crippen LogP contribution in [0.2, 0.25) is 0 Å². The standard InChI is InChI=1S/C11H18N4OS/c1-11(4-3-5-16-7-11)15-9-6-8(12)13-10(14-9)17-2/h6H,3-5,7H2,1-2H3,(H3,12,13,14,15). The van der Waals surface area contributed by atoms with Gasteiger partial charge in [-0.25, -0.2) is 9.97 Å². The van der Waals surface area contributed by atoms with Gasteiger partial charge < -0.3 is 15.8 Å². The number of nitrogens with zero attached hydrogens (tertiary/aromatic N) is 2. The van der Waals surface area contributed by atoms with Crippen LogP contribution < -0.4 is 11.1 Å². The molecule has 1 atom stereocenters. The predicted molar refractivity (Wildman–Crippen MR) is 70.3 cm³/mol. The Morgan fingerprint density at radius 2 is 2.35 bits per heavy atom. The fourth-order valence-corrected chi connectivity index (χ4v) is 2.33. The fourth-order valence-electron chi connectivity index (χ4n) is 1.94. The lowest BCUT2D eigenvalue weighted by molar-refractivity contribution is 0.0538. The summed E-state index contributed by atoms with van der Waals surface area (Å²) in [7, 11) is 0. The molecular weight excluding hydrogens is 236 g/mol. The average Bonchev–Trinajstić information content (AvgIpc) is 2.28. The van der Waals surface area contributed by atoms with Gasteiger partial charge in [-0.15, -0.1) is 0 Å². The maximum absolute atomic E-state index is 5.75. The molecule has 1 aliphatic heterocycles. The van der Waals surface area contributed by atoms with Crippen LogP contribution in [0.4, 0.5) is 11.6 Å². The highest BCUT2D eigenvalue weighted by Gasteiger charge is 2.27. The van der Waals surface area contributed by atoms with Crippen LogP contribution in [0.25, 0.3) is 0 Å². The Morgan fingerprint density at radius 3 is 3.00 bits per heavy atom. The summed E-state index contributed by atoms with van der Waals surface area (Å²) in [5, 5.41) is 4.09. The third-order valence-electron chi connectivity index (χ3n) is 2.78. The first kappa shape index (κ1) is 12.4. The lowest BCUT2D eigenvalue weighted by Gasteiger charge is -2.34. The summed E-state index contributed by atoms with van der Waals surface area (Å²) in [5.74, 6) is 1.27. The van der Waals surface area contributed by atoms with Gasteiger partial charge in [-0.2, -0.15) is 0 Å². The lowest BCUT2D eigenvalue weighted by atomic mass is 9.95. The van der Waals surface area contributed by atoms with Crippen molar-refractivity contribution in [3.05, 3.63) is 6.07 Å². The summed E-state index contributed by atoms with van der Waals surface area (Å²) in [6.07, 6.45) is 4.08. The molecule has 1 unspecified atom stereocenters. The van der Waals surface area contributed by atoms with E-state index < -0.39 is 0 Å². The minimum atomic E-state index is -0.0608. The van der Waals surface area contributed by atoms with E-state index in [-0.39, 0.29) is 5.54 Å². The highest BCUT2D eigenvalue weighted by molar-refractivity contribution is 7.98. The van der Waals surface area contributed by atoms with Crippen molar-refractivity contribution in [2.45, 2.75) is 30.5 Å². The van der Waals surface area contributed by atoms with Crippen molar-refractivity contribution in [2.24, 2.45) is 0 Å². The van der Waals surface area contributed by atoms with Gasteiger partial charge >= 0.3 is 0 Å². The number of hydrogen-bond donors (Lipinski definition) is 2. The Hall–Kier alpha value is -1.01. The van der Waals surface area contributed by atoms with E-state index in [2.05, 4.69) is 22.2 Å². The second kappa shape index (κ2) is 5.10. The van der Waals surface area contributed by atoms with Gasteiger partial charge in [0, 0.05) is 12.7 Å². The molecule has 94 valence electrons. The number of thioether (sulfide) groups is 1. The molecule has 2 heterocycles. The Labute approximate surface area is 106 Å². The number of anilines is 2. The maximum Gasteiger partial charge on any atom is 0.191 e. The predicted octanol–water partition coefficient (Wildman–Crippen LogP) is 1.76. The Balaban J connectivity index is 2.14. The minimum Gasteiger partial charge on any atom is -0.383 e. The summed E-state index contributed by atoms with van der Waals surface area (Å²) < 4.78 is 5.50. The molecule has 1 aromatic rings. The van der Waals surface area contributed by atoms with E-state index in [4.69, 9.17) is 10.5 Å². The highest BCUT2D eigenvalue weighted by Crippen LogP contribution is 2.24. The number of ether oxygens (including phenoxy) is 1. The molecule has 5 nitrogen and oxygen atoms in total. The number of nitrogens with two attached hydrogens (primary N) is 1. The lowest BCUT2D eigenvalue weighted by Crippen LogP contribution is -2.43. The Morgan fingerprint density at radius 1 is 1.53 bits per heavy atom. The van der Waals surface area contributed by atoms with Gasteiger partial charge in [0.1, 0.15) is 11.6 Å². The van der Waals surface area contributed by atoms with Crippen LogP contribution in [-0.4, -0.2) is 35.0 Å². The van der Waals surface area contributed by atoms with Crippen LogP contribution in [0.15, 0.2) is 11.2 Å². The largest absolute Gasteiger partial charge is 0.383 e. The van der Waals surface area contributed by atoms with Crippen LogP contribution in [0.3, 0.4) is 0 Å². The maximum atomic E-state index is 5.75. The highest BCUT2D eigenvalue weighted by atomic mass is 32.2. The molecule has 1 saturated heterocycles. The van der Waals surface area contributed by atoms with Crippen molar-refractivity contribution < 1.29 is 4.74 Å². The van der Waals surface area contributed by atoms with Crippen LogP contribution in [0.1, 0.15) is 19.8 Å². The van der Waals surface area contributed by atoms with Crippen molar-refractivity contribution in [1.29, 1.82) is 0 Å². The van der Waals surface area contributed by atoms with Crippen LogP contribution in [0.5, 0.6) is 0 Å². The van der Waals surface area contributed by atoms with E-state index in [0.29, 0.717) is 17.6 Å². The molecule has 0 spiro atoms. The molecule has 3 N–H and O–H groups in total. The van der Waals surface area contributed by atoms with E-state index in [9.17, 15) is 0 Å². The topological polar surface area (TPSA) is 73.1 Å².